The Kier molecular flexibility index (Phi) is 10.9. The van der Waals surface area contributed by atoms with Gasteiger partial charge in [-0.15, -0.1) is 0 Å². The summed E-state index contributed by atoms with van der Waals surface area (Å²) in [5, 5.41) is 3.44. The van der Waals surface area contributed by atoms with Gasteiger partial charge >= 0.3 is 0 Å². The summed E-state index contributed by atoms with van der Waals surface area (Å²) in [5.41, 5.74) is 0. The van der Waals surface area contributed by atoms with Crippen LogP contribution >= 0.6 is 0 Å². The minimum Gasteiger partial charge on any atom is -0.317 e. The van der Waals surface area contributed by atoms with Crippen molar-refractivity contribution in [3.05, 3.63) is 24.3 Å². The van der Waals surface area contributed by atoms with Gasteiger partial charge < -0.3 is 5.32 Å². The van der Waals surface area contributed by atoms with Crippen molar-refractivity contribution in [3.63, 3.8) is 0 Å². The van der Waals surface area contributed by atoms with Crippen LogP contribution < -0.4 is 5.32 Å². The molecule has 1 N–H and O–H groups in total. The zero-order chi connectivity index (χ0) is 9.78. The van der Waals surface area contributed by atoms with Gasteiger partial charge in [0.1, 0.15) is 0 Å². The normalized spacial score (nSPS) is 11.8. The van der Waals surface area contributed by atoms with Crippen molar-refractivity contribution in [2.24, 2.45) is 0 Å². The predicted molar refractivity (Wildman–Crippen MR) is 61.0 cm³/mol. The van der Waals surface area contributed by atoms with Gasteiger partial charge in [-0.1, -0.05) is 24.3 Å². The first kappa shape index (κ1) is 12.4. The Labute approximate surface area is 82.9 Å². The van der Waals surface area contributed by atoms with E-state index in [2.05, 4.69) is 43.5 Å². The van der Waals surface area contributed by atoms with E-state index >= 15 is 0 Å². The van der Waals surface area contributed by atoms with E-state index < -0.39 is 0 Å². The van der Waals surface area contributed by atoms with E-state index in [0.29, 0.717) is 0 Å². The van der Waals surface area contributed by atoms with E-state index in [4.69, 9.17) is 0 Å². The van der Waals surface area contributed by atoms with Crippen LogP contribution in [-0.2, 0) is 0 Å². The maximum absolute atomic E-state index is 3.44. The largest absolute Gasteiger partial charge is 0.317 e. The number of hydrogen-bond donors (Lipinski definition) is 1. The lowest BCUT2D eigenvalue weighted by molar-refractivity contribution is 0.630. The molecule has 0 unspecified atom stereocenters. The quantitative estimate of drug-likeness (QED) is 0.447. The molecular formula is C12H23N. The van der Waals surface area contributed by atoms with Crippen LogP contribution in [0.2, 0.25) is 0 Å². The minimum atomic E-state index is 1.15. The van der Waals surface area contributed by atoms with E-state index in [1.165, 1.54) is 25.7 Å². The van der Waals surface area contributed by atoms with Gasteiger partial charge in [-0.05, 0) is 52.6 Å². The highest BCUT2D eigenvalue weighted by Crippen LogP contribution is 1.91. The van der Waals surface area contributed by atoms with E-state index in [9.17, 15) is 0 Å². The molecular weight excluding hydrogens is 158 g/mol. The Morgan fingerprint density at radius 1 is 0.846 bits per heavy atom. The van der Waals surface area contributed by atoms with E-state index in [-0.39, 0.29) is 0 Å². The van der Waals surface area contributed by atoms with Gasteiger partial charge in [0.05, 0.1) is 0 Å². The molecule has 0 saturated heterocycles. The summed E-state index contributed by atoms with van der Waals surface area (Å²) in [6, 6.07) is 0. The molecule has 0 aromatic heterocycles. The van der Waals surface area contributed by atoms with Crippen molar-refractivity contribution in [3.8, 4) is 0 Å². The number of allylic oxidation sites excluding steroid dienone is 4. The van der Waals surface area contributed by atoms with Crippen LogP contribution in [0, 0.1) is 0 Å². The molecule has 0 aromatic rings. The fraction of sp³-hybridized carbons (Fsp3) is 0.667. The highest BCUT2D eigenvalue weighted by Gasteiger charge is 1.85. The van der Waals surface area contributed by atoms with Crippen LogP contribution in [0.4, 0.5) is 0 Å². The third-order valence-corrected chi connectivity index (χ3v) is 1.92. The first-order valence-electron chi connectivity index (χ1n) is 5.34. The molecule has 0 fully saturated rings. The van der Waals surface area contributed by atoms with Crippen molar-refractivity contribution in [2.45, 2.75) is 39.5 Å². The van der Waals surface area contributed by atoms with Gasteiger partial charge in [0.25, 0.3) is 0 Å². The monoisotopic (exact) mass is 181 g/mol. The van der Waals surface area contributed by atoms with Crippen LogP contribution in [0.1, 0.15) is 39.5 Å². The number of unbranched alkanes of at least 4 members (excludes halogenated alkanes) is 2. The molecule has 0 atom stereocenters. The summed E-state index contributed by atoms with van der Waals surface area (Å²) in [4.78, 5) is 0. The van der Waals surface area contributed by atoms with E-state index in [0.717, 1.165) is 13.1 Å². The topological polar surface area (TPSA) is 12.0 Å². The Bertz CT molecular complexity index is 120. The van der Waals surface area contributed by atoms with Crippen LogP contribution in [0.5, 0.6) is 0 Å². The van der Waals surface area contributed by atoms with E-state index in [1.807, 2.05) is 0 Å². The average Bonchev–Trinajstić information content (AvgIpc) is 2.16. The number of rotatable bonds is 8. The fourth-order valence-electron chi connectivity index (χ4n) is 1.15. The minimum absolute atomic E-state index is 1.15. The summed E-state index contributed by atoms with van der Waals surface area (Å²) in [5.74, 6) is 0. The van der Waals surface area contributed by atoms with Gasteiger partial charge in [-0.3, -0.25) is 0 Å². The van der Waals surface area contributed by atoms with Crippen LogP contribution in [0.3, 0.4) is 0 Å². The average molecular weight is 181 g/mol. The molecule has 0 rings (SSSR count). The SMILES string of the molecule is C/C=C/CCCNCCC/C=C/C. The summed E-state index contributed by atoms with van der Waals surface area (Å²) in [6.07, 6.45) is 13.6. The van der Waals surface area contributed by atoms with Crippen molar-refractivity contribution in [2.75, 3.05) is 13.1 Å². The second kappa shape index (κ2) is 11.4. The smallest absolute Gasteiger partial charge is 0.00460 e. The summed E-state index contributed by atoms with van der Waals surface area (Å²) >= 11 is 0. The Balaban J connectivity index is 2.91. The molecule has 1 heteroatoms. The lowest BCUT2D eigenvalue weighted by atomic mass is 10.2. The Morgan fingerprint density at radius 2 is 1.31 bits per heavy atom. The maximum atomic E-state index is 3.44. The zero-order valence-electron chi connectivity index (χ0n) is 9.05. The first-order valence-corrected chi connectivity index (χ1v) is 5.34. The zero-order valence-corrected chi connectivity index (χ0v) is 9.05. The second-order valence-electron chi connectivity index (χ2n) is 3.17. The van der Waals surface area contributed by atoms with Gasteiger partial charge in [-0.2, -0.15) is 0 Å². The molecule has 0 aliphatic rings. The molecule has 1 nitrogen and oxygen atoms in total. The molecule has 0 aromatic carbocycles. The third-order valence-electron chi connectivity index (χ3n) is 1.92. The summed E-state index contributed by atoms with van der Waals surface area (Å²) < 4.78 is 0. The lowest BCUT2D eigenvalue weighted by Gasteiger charge is -2.01. The van der Waals surface area contributed by atoms with E-state index in [1.54, 1.807) is 0 Å². The lowest BCUT2D eigenvalue weighted by Crippen LogP contribution is -2.16. The first-order chi connectivity index (χ1) is 6.41. The number of hydrogen-bond acceptors (Lipinski definition) is 1. The number of nitrogens with one attached hydrogen (secondary N) is 1. The molecule has 13 heavy (non-hydrogen) atoms. The van der Waals surface area contributed by atoms with Crippen molar-refractivity contribution < 1.29 is 0 Å². The Morgan fingerprint density at radius 3 is 1.69 bits per heavy atom. The molecule has 0 saturated carbocycles. The van der Waals surface area contributed by atoms with Gasteiger partial charge in [0.15, 0.2) is 0 Å². The Hall–Kier alpha value is -0.560. The molecule has 0 bridgehead atoms. The molecule has 0 radical (unpaired) electrons. The molecule has 0 heterocycles. The summed E-state index contributed by atoms with van der Waals surface area (Å²) in [7, 11) is 0. The van der Waals surface area contributed by atoms with Crippen molar-refractivity contribution >= 4 is 0 Å². The molecule has 0 spiro atoms. The summed E-state index contributed by atoms with van der Waals surface area (Å²) in [6.45, 7) is 6.45. The highest BCUT2D eigenvalue weighted by atomic mass is 14.8. The van der Waals surface area contributed by atoms with Crippen molar-refractivity contribution in [1.82, 2.24) is 5.32 Å². The predicted octanol–water partition coefficient (Wildman–Crippen LogP) is 3.29. The van der Waals surface area contributed by atoms with Gasteiger partial charge in [-0.25, -0.2) is 0 Å². The van der Waals surface area contributed by atoms with Crippen molar-refractivity contribution in [1.29, 1.82) is 0 Å². The third kappa shape index (κ3) is 11.4. The van der Waals surface area contributed by atoms with Gasteiger partial charge in [0.2, 0.25) is 0 Å². The second-order valence-corrected chi connectivity index (χ2v) is 3.17. The molecule has 76 valence electrons. The van der Waals surface area contributed by atoms with Crippen LogP contribution in [0.15, 0.2) is 24.3 Å². The fourth-order valence-corrected chi connectivity index (χ4v) is 1.15. The van der Waals surface area contributed by atoms with Gasteiger partial charge in [0, 0.05) is 0 Å². The molecule has 0 amide bonds. The van der Waals surface area contributed by atoms with Crippen LogP contribution in [-0.4, -0.2) is 13.1 Å². The van der Waals surface area contributed by atoms with Crippen LogP contribution in [0.25, 0.3) is 0 Å². The molecule has 0 aliphatic carbocycles. The highest BCUT2D eigenvalue weighted by molar-refractivity contribution is 4.77. The standard InChI is InChI=1S/C12H23N/c1-3-5-7-9-11-13-12-10-8-6-4-2/h3-6,13H,7-12H2,1-2H3/b5-3+,6-4+. The molecule has 0 aliphatic heterocycles. The maximum Gasteiger partial charge on any atom is -0.00460 e.